The molecule has 0 saturated carbocycles. The number of ether oxygens (including phenoxy) is 2. The van der Waals surface area contributed by atoms with E-state index in [1.54, 1.807) is 0 Å². The Balaban J connectivity index is 1.51. The highest BCUT2D eigenvalue weighted by molar-refractivity contribution is 5.41. The molecule has 0 unspecified atom stereocenters. The second-order valence-corrected chi connectivity index (χ2v) is 4.62. The third-order valence-electron chi connectivity index (χ3n) is 2.97. The van der Waals surface area contributed by atoms with Crippen LogP contribution < -0.4 is 10.5 Å². The zero-order valence-electron chi connectivity index (χ0n) is 11.6. The van der Waals surface area contributed by atoms with Crippen LogP contribution >= 0.6 is 0 Å². The maximum atomic E-state index is 5.60. The fourth-order valence-corrected chi connectivity index (χ4v) is 1.91. The monoisotopic (exact) mass is 271 g/mol. The summed E-state index contributed by atoms with van der Waals surface area (Å²) in [7, 11) is 0. The maximum Gasteiger partial charge on any atom is 0.119 e. The molecule has 106 valence electrons. The van der Waals surface area contributed by atoms with Crippen LogP contribution in [0.5, 0.6) is 5.75 Å². The number of hydrogen-bond acceptors (Lipinski definition) is 3. The zero-order chi connectivity index (χ0) is 14.0. The average molecular weight is 271 g/mol. The van der Waals surface area contributed by atoms with E-state index in [4.69, 9.17) is 15.2 Å². The van der Waals surface area contributed by atoms with Gasteiger partial charge in [-0.1, -0.05) is 30.3 Å². The van der Waals surface area contributed by atoms with Crippen molar-refractivity contribution in [2.75, 3.05) is 25.6 Å². The Morgan fingerprint density at radius 3 is 2.30 bits per heavy atom. The molecule has 0 bridgehead atoms. The van der Waals surface area contributed by atoms with Crippen molar-refractivity contribution in [1.82, 2.24) is 0 Å². The van der Waals surface area contributed by atoms with Gasteiger partial charge in [0.2, 0.25) is 0 Å². The second kappa shape index (κ2) is 8.23. The lowest BCUT2D eigenvalue weighted by atomic mass is 10.1. The Hall–Kier alpha value is -2.00. The third kappa shape index (κ3) is 5.33. The molecule has 3 nitrogen and oxygen atoms in total. The van der Waals surface area contributed by atoms with Gasteiger partial charge in [0.15, 0.2) is 0 Å². The first-order valence-corrected chi connectivity index (χ1v) is 6.94. The molecule has 2 aromatic rings. The van der Waals surface area contributed by atoms with Gasteiger partial charge in [-0.05, 0) is 42.7 Å². The van der Waals surface area contributed by atoms with Gasteiger partial charge < -0.3 is 15.2 Å². The minimum atomic E-state index is 0.565. The molecule has 0 amide bonds. The minimum Gasteiger partial charge on any atom is -0.491 e. The van der Waals surface area contributed by atoms with Gasteiger partial charge in [-0.3, -0.25) is 0 Å². The quantitative estimate of drug-likeness (QED) is 0.592. The summed E-state index contributed by atoms with van der Waals surface area (Å²) < 4.78 is 11.1. The van der Waals surface area contributed by atoms with Crippen LogP contribution in [0.3, 0.4) is 0 Å². The summed E-state index contributed by atoms with van der Waals surface area (Å²) >= 11 is 0. The Morgan fingerprint density at radius 2 is 1.55 bits per heavy atom. The van der Waals surface area contributed by atoms with Crippen LogP contribution in [-0.2, 0) is 11.2 Å². The summed E-state index contributed by atoms with van der Waals surface area (Å²) in [4.78, 5) is 0. The van der Waals surface area contributed by atoms with Gasteiger partial charge in [0, 0.05) is 12.3 Å². The van der Waals surface area contributed by atoms with Gasteiger partial charge in [0.05, 0.1) is 6.61 Å². The van der Waals surface area contributed by atoms with Gasteiger partial charge in [-0.25, -0.2) is 0 Å². The summed E-state index contributed by atoms with van der Waals surface area (Å²) in [6, 6.07) is 17.8. The van der Waals surface area contributed by atoms with Crippen molar-refractivity contribution in [3.05, 3.63) is 60.2 Å². The number of benzene rings is 2. The Labute approximate surface area is 120 Å². The lowest BCUT2D eigenvalue weighted by Crippen LogP contribution is -2.08. The van der Waals surface area contributed by atoms with E-state index in [0.717, 1.165) is 30.9 Å². The van der Waals surface area contributed by atoms with Crippen LogP contribution in [0.25, 0.3) is 0 Å². The zero-order valence-corrected chi connectivity index (χ0v) is 11.6. The average Bonchev–Trinajstić information content (AvgIpc) is 2.49. The molecule has 0 atom stereocenters. The number of aryl methyl sites for hydroxylation is 1. The number of nitrogen functional groups attached to an aromatic ring is 1. The fraction of sp³-hybridized carbons (Fsp3) is 0.294. The SMILES string of the molecule is Nc1ccc(OCCOCCCc2ccccc2)cc1. The van der Waals surface area contributed by atoms with Gasteiger partial charge in [0.25, 0.3) is 0 Å². The number of anilines is 1. The Bertz CT molecular complexity index is 482. The van der Waals surface area contributed by atoms with Gasteiger partial charge in [-0.15, -0.1) is 0 Å². The molecular formula is C17H21NO2. The van der Waals surface area contributed by atoms with Crippen molar-refractivity contribution >= 4 is 5.69 Å². The van der Waals surface area contributed by atoms with Crippen molar-refractivity contribution in [3.8, 4) is 5.75 Å². The molecule has 0 spiro atoms. The molecule has 20 heavy (non-hydrogen) atoms. The largest absolute Gasteiger partial charge is 0.491 e. The summed E-state index contributed by atoms with van der Waals surface area (Å²) in [5.74, 6) is 0.826. The molecule has 2 aromatic carbocycles. The second-order valence-electron chi connectivity index (χ2n) is 4.62. The van der Waals surface area contributed by atoms with E-state index in [1.165, 1.54) is 5.56 Å². The standard InChI is InChI=1S/C17H21NO2/c18-16-8-10-17(11-9-16)20-14-13-19-12-4-7-15-5-2-1-3-6-15/h1-3,5-6,8-11H,4,7,12-14,18H2. The molecule has 2 N–H and O–H groups in total. The van der Waals surface area contributed by atoms with Gasteiger partial charge >= 0.3 is 0 Å². The van der Waals surface area contributed by atoms with Crippen LogP contribution in [-0.4, -0.2) is 19.8 Å². The van der Waals surface area contributed by atoms with E-state index in [-0.39, 0.29) is 0 Å². The van der Waals surface area contributed by atoms with Crippen LogP contribution in [0.1, 0.15) is 12.0 Å². The van der Waals surface area contributed by atoms with Crippen molar-refractivity contribution < 1.29 is 9.47 Å². The van der Waals surface area contributed by atoms with Crippen LogP contribution in [0.2, 0.25) is 0 Å². The van der Waals surface area contributed by atoms with Crippen molar-refractivity contribution in [1.29, 1.82) is 0 Å². The molecule has 2 rings (SSSR count). The van der Waals surface area contributed by atoms with Crippen LogP contribution in [0.15, 0.2) is 54.6 Å². The molecule has 0 fully saturated rings. The highest BCUT2D eigenvalue weighted by atomic mass is 16.5. The number of hydrogen-bond donors (Lipinski definition) is 1. The number of nitrogens with two attached hydrogens (primary N) is 1. The van der Waals surface area contributed by atoms with Crippen LogP contribution in [0, 0.1) is 0 Å². The lowest BCUT2D eigenvalue weighted by molar-refractivity contribution is 0.0985. The summed E-state index contributed by atoms with van der Waals surface area (Å²) in [6.45, 7) is 1.94. The first kappa shape index (κ1) is 14.4. The molecule has 0 saturated heterocycles. The van der Waals surface area contributed by atoms with E-state index in [2.05, 4.69) is 24.3 Å². The van der Waals surface area contributed by atoms with E-state index in [9.17, 15) is 0 Å². The normalized spacial score (nSPS) is 10.4. The van der Waals surface area contributed by atoms with Crippen molar-refractivity contribution in [2.45, 2.75) is 12.8 Å². The maximum absolute atomic E-state index is 5.60. The Morgan fingerprint density at radius 1 is 0.800 bits per heavy atom. The smallest absolute Gasteiger partial charge is 0.119 e. The minimum absolute atomic E-state index is 0.565. The summed E-state index contributed by atoms with van der Waals surface area (Å²) in [5, 5.41) is 0. The van der Waals surface area contributed by atoms with Gasteiger partial charge in [-0.2, -0.15) is 0 Å². The van der Waals surface area contributed by atoms with Crippen molar-refractivity contribution in [3.63, 3.8) is 0 Å². The molecule has 0 aromatic heterocycles. The molecule has 0 heterocycles. The molecule has 0 radical (unpaired) electrons. The Kier molecular flexibility index (Phi) is 5.93. The number of rotatable bonds is 8. The molecule has 0 aliphatic carbocycles. The lowest BCUT2D eigenvalue weighted by Gasteiger charge is -2.07. The topological polar surface area (TPSA) is 44.5 Å². The van der Waals surface area contributed by atoms with E-state index < -0.39 is 0 Å². The molecule has 0 aliphatic rings. The summed E-state index contributed by atoms with van der Waals surface area (Å²) in [5.41, 5.74) is 7.70. The first-order valence-electron chi connectivity index (χ1n) is 6.94. The first-order chi connectivity index (χ1) is 9.84. The van der Waals surface area contributed by atoms with E-state index in [1.807, 2.05) is 30.3 Å². The fourth-order valence-electron chi connectivity index (χ4n) is 1.91. The van der Waals surface area contributed by atoms with Crippen molar-refractivity contribution in [2.24, 2.45) is 0 Å². The highest BCUT2D eigenvalue weighted by Gasteiger charge is 1.95. The summed E-state index contributed by atoms with van der Waals surface area (Å²) in [6.07, 6.45) is 2.09. The predicted octanol–water partition coefficient (Wildman–Crippen LogP) is 3.30. The molecule has 0 aliphatic heterocycles. The van der Waals surface area contributed by atoms with Crippen LogP contribution in [0.4, 0.5) is 5.69 Å². The highest BCUT2D eigenvalue weighted by Crippen LogP contribution is 2.12. The molecule has 3 heteroatoms. The predicted molar refractivity (Wildman–Crippen MR) is 81.9 cm³/mol. The van der Waals surface area contributed by atoms with E-state index in [0.29, 0.717) is 13.2 Å². The van der Waals surface area contributed by atoms with E-state index >= 15 is 0 Å². The third-order valence-corrected chi connectivity index (χ3v) is 2.97. The van der Waals surface area contributed by atoms with Gasteiger partial charge in [0.1, 0.15) is 12.4 Å². The molecular weight excluding hydrogens is 250 g/mol.